The first-order valence-electron chi connectivity index (χ1n) is 2.44. The fourth-order valence-electron chi connectivity index (χ4n) is 0.501. The zero-order valence-electron chi connectivity index (χ0n) is 4.84. The van der Waals surface area contributed by atoms with Gasteiger partial charge in [-0.3, -0.25) is 0 Å². The van der Waals surface area contributed by atoms with Crippen molar-refractivity contribution in [2.75, 3.05) is 5.73 Å². The van der Waals surface area contributed by atoms with Crippen LogP contribution in [0.1, 0.15) is 0 Å². The van der Waals surface area contributed by atoms with Crippen molar-refractivity contribution in [2.45, 2.75) is 4.90 Å². The first-order valence-corrected chi connectivity index (χ1v) is 3.53. The van der Waals surface area contributed by atoms with E-state index in [0.29, 0.717) is 4.90 Å². The van der Waals surface area contributed by atoms with Crippen LogP contribution in [0, 0.1) is 0 Å². The molecule has 0 radical (unpaired) electrons. The van der Waals surface area contributed by atoms with Gasteiger partial charge in [0.1, 0.15) is 5.82 Å². The molecule has 0 unspecified atom stereocenters. The van der Waals surface area contributed by atoms with Crippen LogP contribution >= 0.6 is 23.7 Å². The van der Waals surface area contributed by atoms with Crippen molar-refractivity contribution >= 4 is 29.6 Å². The largest absolute Gasteiger partial charge is 0.382 e. The molecule has 0 bridgehead atoms. The van der Waals surface area contributed by atoms with E-state index in [4.69, 9.17) is 17.3 Å². The number of aromatic nitrogens is 1. The number of halogens is 2. The minimum Gasteiger partial charge on any atom is -0.382 e. The van der Waals surface area contributed by atoms with Gasteiger partial charge in [0.2, 0.25) is 0 Å². The minimum atomic E-state index is 0.0576. The number of nitrogens with two attached hydrogens (primary N) is 1. The van der Waals surface area contributed by atoms with Gasteiger partial charge in [-0.05, 0) is 6.07 Å². The third-order valence-corrected chi connectivity index (χ3v) is 1.98. The van der Waals surface area contributed by atoms with Crippen LogP contribution in [-0.4, -0.2) is 4.98 Å². The highest BCUT2D eigenvalue weighted by atomic mass is 35.5. The van der Waals surface area contributed by atoms with Crippen molar-refractivity contribution in [3.8, 4) is 0 Å². The zero-order chi connectivity index (χ0) is 7.56. The molecule has 0 aliphatic rings. The maximum absolute atomic E-state index is 11.9. The Morgan fingerprint density at radius 3 is 2.90 bits per heavy atom. The molecule has 0 aliphatic carbocycles. The van der Waals surface area contributed by atoms with Crippen LogP contribution in [0.2, 0.25) is 5.02 Å². The zero-order valence-corrected chi connectivity index (χ0v) is 6.42. The van der Waals surface area contributed by atoms with Gasteiger partial charge >= 0.3 is 0 Å². The summed E-state index contributed by atoms with van der Waals surface area (Å²) in [4.78, 5) is 3.95. The van der Waals surface area contributed by atoms with Crippen LogP contribution in [0.15, 0.2) is 17.2 Å². The van der Waals surface area contributed by atoms with Crippen molar-refractivity contribution in [1.29, 1.82) is 0 Å². The van der Waals surface area contributed by atoms with Crippen molar-refractivity contribution < 1.29 is 3.89 Å². The van der Waals surface area contributed by atoms with Crippen molar-refractivity contribution in [3.63, 3.8) is 0 Å². The van der Waals surface area contributed by atoms with Gasteiger partial charge in [0.15, 0.2) is 0 Å². The molecule has 0 saturated carbocycles. The molecule has 0 aliphatic heterocycles. The van der Waals surface area contributed by atoms with E-state index in [0.717, 1.165) is 0 Å². The molecule has 54 valence electrons. The molecule has 2 nitrogen and oxygen atoms in total. The normalized spacial score (nSPS) is 9.80. The molecule has 1 aromatic rings. The Morgan fingerprint density at radius 2 is 2.40 bits per heavy atom. The second kappa shape index (κ2) is 3.07. The summed E-state index contributed by atoms with van der Waals surface area (Å²) in [5.41, 5.74) is 5.27. The minimum absolute atomic E-state index is 0.0576. The van der Waals surface area contributed by atoms with Gasteiger partial charge in [0, 0.05) is 6.20 Å². The molecule has 0 saturated heterocycles. The quantitative estimate of drug-likeness (QED) is 0.717. The fraction of sp³-hybridized carbons (Fsp3) is 0. The number of nitrogens with zero attached hydrogens (tertiary/aromatic N) is 1. The highest BCUT2D eigenvalue weighted by Gasteiger charge is 2.03. The van der Waals surface area contributed by atoms with E-state index in [1.54, 1.807) is 0 Å². The Bertz CT molecular complexity index is 243. The van der Waals surface area contributed by atoms with E-state index in [-0.39, 0.29) is 23.0 Å². The third kappa shape index (κ3) is 1.33. The molecule has 1 aromatic heterocycles. The first-order chi connectivity index (χ1) is 4.75. The predicted molar refractivity (Wildman–Crippen MR) is 40.6 cm³/mol. The summed E-state index contributed by atoms with van der Waals surface area (Å²) in [7, 11) is 0. The lowest BCUT2D eigenvalue weighted by atomic mass is 10.5. The molecule has 1 heterocycles. The first kappa shape index (κ1) is 7.63. The van der Waals surface area contributed by atoms with E-state index in [1.807, 2.05) is 0 Å². The molecule has 0 aromatic carbocycles. The van der Waals surface area contributed by atoms with E-state index < -0.39 is 0 Å². The molecule has 2 N–H and O–H groups in total. The lowest BCUT2D eigenvalue weighted by molar-refractivity contribution is 0.933. The highest BCUT2D eigenvalue weighted by molar-refractivity contribution is 7.94. The van der Waals surface area contributed by atoms with Crippen LogP contribution in [0.4, 0.5) is 9.70 Å². The Balaban J connectivity index is 3.14. The topological polar surface area (TPSA) is 38.9 Å². The summed E-state index contributed by atoms with van der Waals surface area (Å²) in [5, 5.41) is 0.176. The van der Waals surface area contributed by atoms with Gasteiger partial charge in [0.25, 0.3) is 0 Å². The predicted octanol–water partition coefficient (Wildman–Crippen LogP) is 2.29. The van der Waals surface area contributed by atoms with Gasteiger partial charge in [0.05, 0.1) is 22.1 Å². The molecule has 10 heavy (non-hydrogen) atoms. The van der Waals surface area contributed by atoms with E-state index in [9.17, 15) is 3.89 Å². The molecule has 0 amide bonds. The van der Waals surface area contributed by atoms with Gasteiger partial charge < -0.3 is 5.73 Å². The van der Waals surface area contributed by atoms with Gasteiger partial charge in [-0.1, -0.05) is 11.6 Å². The number of nitrogen functional groups attached to an aromatic ring is 1. The smallest absolute Gasteiger partial charge is 0.143 e. The summed E-state index contributed by atoms with van der Waals surface area (Å²) in [6.45, 7) is 0. The molecule has 0 atom stereocenters. The van der Waals surface area contributed by atoms with E-state index in [2.05, 4.69) is 4.98 Å². The van der Waals surface area contributed by atoms with E-state index in [1.165, 1.54) is 12.3 Å². The highest BCUT2D eigenvalue weighted by Crippen LogP contribution is 2.30. The summed E-state index contributed by atoms with van der Waals surface area (Å²) in [5.74, 6) is 0.157. The molecular weight excluding hydrogens is 175 g/mol. The second-order valence-electron chi connectivity index (χ2n) is 1.59. The number of anilines is 1. The van der Waals surface area contributed by atoms with E-state index >= 15 is 0 Å². The van der Waals surface area contributed by atoms with Crippen molar-refractivity contribution in [1.82, 2.24) is 4.98 Å². The Morgan fingerprint density at radius 1 is 1.70 bits per heavy atom. The summed E-state index contributed by atoms with van der Waals surface area (Å²) >= 11 is 5.60. The number of hydrogen-bond acceptors (Lipinski definition) is 3. The van der Waals surface area contributed by atoms with Crippen LogP contribution in [0.5, 0.6) is 0 Å². The summed E-state index contributed by atoms with van der Waals surface area (Å²) in [6, 6.07) is 1.46. The lowest BCUT2D eigenvalue weighted by Gasteiger charge is -1.97. The molecular formula is C5H4ClFN2S. The van der Waals surface area contributed by atoms with Crippen LogP contribution in [-0.2, 0) is 0 Å². The number of rotatable bonds is 1. The van der Waals surface area contributed by atoms with Gasteiger partial charge in [-0.15, -0.1) is 0 Å². The summed E-state index contributed by atoms with van der Waals surface area (Å²) < 4.78 is 11.9. The maximum Gasteiger partial charge on any atom is 0.143 e. The molecule has 5 heteroatoms. The Labute approximate surface area is 66.9 Å². The molecule has 1 rings (SSSR count). The average Bonchev–Trinajstić information content (AvgIpc) is 1.95. The van der Waals surface area contributed by atoms with Crippen molar-refractivity contribution in [3.05, 3.63) is 17.3 Å². The third-order valence-electron chi connectivity index (χ3n) is 0.964. The number of pyridine rings is 1. The Hall–Kier alpha value is -0.480. The standard InChI is InChI=1S/C5H4ClFN2S/c6-4-3(10-7)1-2-9-5(4)8/h1-2H,(H2,8,9). The maximum atomic E-state index is 11.9. The van der Waals surface area contributed by atoms with Crippen LogP contribution in [0.25, 0.3) is 0 Å². The molecule has 0 spiro atoms. The second-order valence-corrected chi connectivity index (χ2v) is 2.56. The van der Waals surface area contributed by atoms with Crippen LogP contribution < -0.4 is 5.73 Å². The Kier molecular flexibility index (Phi) is 2.34. The lowest BCUT2D eigenvalue weighted by Crippen LogP contribution is -1.90. The fourth-order valence-corrected chi connectivity index (χ4v) is 0.985. The average molecular weight is 179 g/mol. The van der Waals surface area contributed by atoms with Gasteiger partial charge in [-0.25, -0.2) is 4.98 Å². The summed E-state index contributed by atoms with van der Waals surface area (Å²) in [6.07, 6.45) is 1.41. The SMILES string of the molecule is Nc1nccc(SF)c1Cl. The monoisotopic (exact) mass is 178 g/mol. The van der Waals surface area contributed by atoms with Crippen molar-refractivity contribution in [2.24, 2.45) is 0 Å². The molecule has 0 fully saturated rings. The number of hydrogen-bond donors (Lipinski definition) is 1. The van der Waals surface area contributed by atoms with Gasteiger partial charge in [-0.2, -0.15) is 3.89 Å². The van der Waals surface area contributed by atoms with Crippen LogP contribution in [0.3, 0.4) is 0 Å².